The standard InChI is InChI=1S/C14H14FN3O/c1-16-12-6-7-13(17-9-12)14(19)18-8-10-2-4-11(15)5-3-10/h2-7,9,16H,8H2,1H3,(H,18,19). The number of aromatic nitrogens is 1. The monoisotopic (exact) mass is 259 g/mol. The summed E-state index contributed by atoms with van der Waals surface area (Å²) < 4.78 is 12.7. The number of amides is 1. The number of nitrogens with zero attached hydrogens (tertiary/aromatic N) is 1. The van der Waals surface area contributed by atoms with Gasteiger partial charge in [0.05, 0.1) is 11.9 Å². The minimum atomic E-state index is -0.292. The number of rotatable bonds is 4. The fraction of sp³-hybridized carbons (Fsp3) is 0.143. The summed E-state index contributed by atoms with van der Waals surface area (Å²) in [7, 11) is 1.78. The van der Waals surface area contributed by atoms with Gasteiger partial charge >= 0.3 is 0 Å². The second kappa shape index (κ2) is 5.95. The smallest absolute Gasteiger partial charge is 0.270 e. The van der Waals surface area contributed by atoms with E-state index in [0.29, 0.717) is 12.2 Å². The summed E-state index contributed by atoms with van der Waals surface area (Å²) in [5, 5.41) is 5.65. The first-order valence-electron chi connectivity index (χ1n) is 5.85. The zero-order chi connectivity index (χ0) is 13.7. The number of hydrogen-bond acceptors (Lipinski definition) is 3. The van der Waals surface area contributed by atoms with Crippen LogP contribution in [0, 0.1) is 5.82 Å². The van der Waals surface area contributed by atoms with Gasteiger partial charge in [0.1, 0.15) is 11.5 Å². The van der Waals surface area contributed by atoms with Gasteiger partial charge in [0.25, 0.3) is 5.91 Å². The highest BCUT2D eigenvalue weighted by Gasteiger charge is 2.06. The van der Waals surface area contributed by atoms with E-state index in [1.54, 1.807) is 37.5 Å². The van der Waals surface area contributed by atoms with Crippen LogP contribution in [-0.2, 0) is 6.54 Å². The summed E-state index contributed by atoms with van der Waals surface area (Å²) in [4.78, 5) is 15.9. The molecule has 1 amide bonds. The van der Waals surface area contributed by atoms with Gasteiger partial charge < -0.3 is 10.6 Å². The summed E-state index contributed by atoms with van der Waals surface area (Å²) in [5.41, 5.74) is 2.03. The van der Waals surface area contributed by atoms with E-state index in [-0.39, 0.29) is 11.7 Å². The number of anilines is 1. The fourth-order valence-electron chi connectivity index (χ4n) is 1.55. The van der Waals surface area contributed by atoms with Crippen LogP contribution in [0.4, 0.5) is 10.1 Å². The van der Waals surface area contributed by atoms with E-state index in [0.717, 1.165) is 11.3 Å². The highest BCUT2D eigenvalue weighted by molar-refractivity contribution is 5.92. The van der Waals surface area contributed by atoms with E-state index in [4.69, 9.17) is 0 Å². The molecule has 0 spiro atoms. The van der Waals surface area contributed by atoms with Crippen molar-refractivity contribution in [3.05, 3.63) is 59.7 Å². The molecule has 0 fully saturated rings. The number of halogens is 1. The Kier molecular flexibility index (Phi) is 4.07. The third-order valence-corrected chi connectivity index (χ3v) is 2.65. The summed E-state index contributed by atoms with van der Waals surface area (Å²) in [6, 6.07) is 9.41. The van der Waals surface area contributed by atoms with Crippen molar-refractivity contribution in [1.29, 1.82) is 0 Å². The lowest BCUT2D eigenvalue weighted by atomic mass is 10.2. The molecule has 0 radical (unpaired) electrons. The van der Waals surface area contributed by atoms with Crippen LogP contribution in [0.5, 0.6) is 0 Å². The van der Waals surface area contributed by atoms with Gasteiger partial charge in [-0.3, -0.25) is 4.79 Å². The predicted octanol–water partition coefficient (Wildman–Crippen LogP) is 2.19. The van der Waals surface area contributed by atoms with Gasteiger partial charge in [0, 0.05) is 13.6 Å². The van der Waals surface area contributed by atoms with Gasteiger partial charge in [-0.05, 0) is 29.8 Å². The van der Waals surface area contributed by atoms with E-state index in [1.165, 1.54) is 12.1 Å². The van der Waals surface area contributed by atoms with Gasteiger partial charge in [-0.2, -0.15) is 0 Å². The molecule has 2 rings (SSSR count). The van der Waals surface area contributed by atoms with Crippen LogP contribution in [0.25, 0.3) is 0 Å². The fourth-order valence-corrected chi connectivity index (χ4v) is 1.55. The molecule has 2 aromatic rings. The van der Waals surface area contributed by atoms with E-state index < -0.39 is 0 Å². The topological polar surface area (TPSA) is 54.0 Å². The van der Waals surface area contributed by atoms with Crippen molar-refractivity contribution in [2.75, 3.05) is 12.4 Å². The first-order chi connectivity index (χ1) is 9.19. The minimum Gasteiger partial charge on any atom is -0.387 e. The summed E-state index contributed by atoms with van der Waals surface area (Å²) in [6.07, 6.45) is 1.59. The van der Waals surface area contributed by atoms with Gasteiger partial charge in [-0.1, -0.05) is 12.1 Å². The van der Waals surface area contributed by atoms with Gasteiger partial charge in [-0.25, -0.2) is 9.37 Å². The molecular formula is C14H14FN3O. The van der Waals surface area contributed by atoms with Crippen molar-refractivity contribution in [1.82, 2.24) is 10.3 Å². The Morgan fingerprint density at radius 1 is 1.21 bits per heavy atom. The Morgan fingerprint density at radius 2 is 1.95 bits per heavy atom. The maximum atomic E-state index is 12.7. The molecule has 0 unspecified atom stereocenters. The average Bonchev–Trinajstić information content (AvgIpc) is 2.46. The Hall–Kier alpha value is -2.43. The Morgan fingerprint density at radius 3 is 2.53 bits per heavy atom. The first-order valence-corrected chi connectivity index (χ1v) is 5.85. The third-order valence-electron chi connectivity index (χ3n) is 2.65. The second-order valence-corrected chi connectivity index (χ2v) is 3.99. The maximum Gasteiger partial charge on any atom is 0.270 e. The molecule has 0 aliphatic heterocycles. The van der Waals surface area contributed by atoms with Crippen LogP contribution in [0.2, 0.25) is 0 Å². The highest BCUT2D eigenvalue weighted by atomic mass is 19.1. The third kappa shape index (κ3) is 3.51. The quantitative estimate of drug-likeness (QED) is 0.885. The molecule has 4 nitrogen and oxygen atoms in total. The number of pyridine rings is 1. The molecule has 98 valence electrons. The lowest BCUT2D eigenvalue weighted by Crippen LogP contribution is -2.23. The molecule has 2 N–H and O–H groups in total. The highest BCUT2D eigenvalue weighted by Crippen LogP contribution is 2.06. The number of carbonyl (C=O) groups is 1. The van der Waals surface area contributed by atoms with Crippen molar-refractivity contribution < 1.29 is 9.18 Å². The second-order valence-electron chi connectivity index (χ2n) is 3.99. The van der Waals surface area contributed by atoms with Crippen molar-refractivity contribution >= 4 is 11.6 Å². The molecule has 1 aromatic heterocycles. The lowest BCUT2D eigenvalue weighted by molar-refractivity contribution is 0.0946. The van der Waals surface area contributed by atoms with E-state index >= 15 is 0 Å². The molecule has 0 atom stereocenters. The SMILES string of the molecule is CNc1ccc(C(=O)NCc2ccc(F)cc2)nc1. The Bertz CT molecular complexity index is 552. The van der Waals surface area contributed by atoms with Crippen LogP contribution in [0.3, 0.4) is 0 Å². The predicted molar refractivity (Wildman–Crippen MR) is 71.4 cm³/mol. The van der Waals surface area contributed by atoms with Crippen LogP contribution in [0.1, 0.15) is 16.1 Å². The first kappa shape index (κ1) is 13.0. The molecule has 0 aliphatic rings. The molecule has 0 saturated carbocycles. The van der Waals surface area contributed by atoms with E-state index in [1.807, 2.05) is 0 Å². The summed E-state index contributed by atoms with van der Waals surface area (Å²) in [5.74, 6) is -0.550. The van der Waals surface area contributed by atoms with Crippen molar-refractivity contribution in [3.63, 3.8) is 0 Å². The zero-order valence-corrected chi connectivity index (χ0v) is 10.5. The molecule has 5 heteroatoms. The number of nitrogens with one attached hydrogen (secondary N) is 2. The maximum absolute atomic E-state index is 12.7. The molecular weight excluding hydrogens is 245 g/mol. The molecule has 0 saturated heterocycles. The van der Waals surface area contributed by atoms with Crippen LogP contribution >= 0.6 is 0 Å². The van der Waals surface area contributed by atoms with Crippen molar-refractivity contribution in [3.8, 4) is 0 Å². The molecule has 1 aromatic carbocycles. The molecule has 0 bridgehead atoms. The number of hydrogen-bond donors (Lipinski definition) is 2. The number of carbonyl (C=O) groups excluding carboxylic acids is 1. The molecule has 0 aliphatic carbocycles. The van der Waals surface area contributed by atoms with Gasteiger partial charge in [0.15, 0.2) is 0 Å². The average molecular weight is 259 g/mol. The van der Waals surface area contributed by atoms with Gasteiger partial charge in [-0.15, -0.1) is 0 Å². The summed E-state index contributed by atoms with van der Waals surface area (Å²) in [6.45, 7) is 0.342. The molecule has 1 heterocycles. The van der Waals surface area contributed by atoms with E-state index in [9.17, 15) is 9.18 Å². The normalized spacial score (nSPS) is 10.0. The van der Waals surface area contributed by atoms with E-state index in [2.05, 4.69) is 15.6 Å². The van der Waals surface area contributed by atoms with Gasteiger partial charge in [0.2, 0.25) is 0 Å². The van der Waals surface area contributed by atoms with Crippen LogP contribution < -0.4 is 10.6 Å². The van der Waals surface area contributed by atoms with Crippen LogP contribution in [0.15, 0.2) is 42.6 Å². The Labute approximate surface area is 110 Å². The van der Waals surface area contributed by atoms with Crippen molar-refractivity contribution in [2.24, 2.45) is 0 Å². The van der Waals surface area contributed by atoms with Crippen LogP contribution in [-0.4, -0.2) is 17.9 Å². The number of benzene rings is 1. The lowest BCUT2D eigenvalue weighted by Gasteiger charge is -2.05. The largest absolute Gasteiger partial charge is 0.387 e. The summed E-state index contributed by atoms with van der Waals surface area (Å²) >= 11 is 0. The Balaban J connectivity index is 1.95. The van der Waals surface area contributed by atoms with Crippen molar-refractivity contribution in [2.45, 2.75) is 6.54 Å². The minimum absolute atomic E-state index is 0.257. The zero-order valence-electron chi connectivity index (χ0n) is 10.5. The molecule has 19 heavy (non-hydrogen) atoms.